The van der Waals surface area contributed by atoms with Crippen molar-refractivity contribution in [1.29, 1.82) is 0 Å². The molecular weight excluding hydrogens is 530 g/mol. The van der Waals surface area contributed by atoms with Crippen LogP contribution in [-0.2, 0) is 17.8 Å². The number of thiophene rings is 1. The Hall–Kier alpha value is -3.92. The maximum absolute atomic E-state index is 13.7. The van der Waals surface area contributed by atoms with Crippen LogP contribution in [0.1, 0.15) is 24.3 Å². The van der Waals surface area contributed by atoms with Crippen molar-refractivity contribution in [3.8, 4) is 23.0 Å². The topological polar surface area (TPSA) is 89.6 Å². The molecule has 9 nitrogen and oxygen atoms in total. The summed E-state index contributed by atoms with van der Waals surface area (Å²) in [6, 6.07) is 14.5. The van der Waals surface area contributed by atoms with Crippen LogP contribution in [0.2, 0.25) is 0 Å². The van der Waals surface area contributed by atoms with Gasteiger partial charge >= 0.3 is 6.03 Å². The van der Waals surface area contributed by atoms with E-state index >= 15 is 0 Å². The second kappa shape index (κ2) is 15.0. The SMILES string of the molecule is COc1cc(NC(=O)N(CC(=O)N(CCc2ccc(OC)c(OC)c2)Cc2cccs2)CC(C)C)cc(OC)c1. The van der Waals surface area contributed by atoms with Crippen LogP contribution in [0.5, 0.6) is 23.0 Å². The van der Waals surface area contributed by atoms with E-state index in [4.69, 9.17) is 18.9 Å². The molecule has 0 aliphatic heterocycles. The number of carbonyl (C=O) groups excluding carboxylic acids is 2. The van der Waals surface area contributed by atoms with Crippen molar-refractivity contribution in [3.05, 3.63) is 64.4 Å². The van der Waals surface area contributed by atoms with E-state index in [1.54, 1.807) is 67.8 Å². The number of hydrogen-bond acceptors (Lipinski definition) is 7. The molecule has 0 aliphatic carbocycles. The molecule has 0 spiro atoms. The lowest BCUT2D eigenvalue weighted by Crippen LogP contribution is -2.46. The average Bonchev–Trinajstić information content (AvgIpc) is 3.47. The third-order valence-corrected chi connectivity index (χ3v) is 7.06. The molecule has 2 aromatic carbocycles. The highest BCUT2D eigenvalue weighted by molar-refractivity contribution is 7.09. The summed E-state index contributed by atoms with van der Waals surface area (Å²) in [5.41, 5.74) is 1.54. The Bertz CT molecular complexity index is 1230. The molecule has 0 atom stereocenters. The number of hydrogen-bond donors (Lipinski definition) is 1. The molecule has 40 heavy (non-hydrogen) atoms. The summed E-state index contributed by atoms with van der Waals surface area (Å²) in [6.45, 7) is 5.34. The predicted octanol–water partition coefficient (Wildman–Crippen LogP) is 5.54. The fourth-order valence-corrected chi connectivity index (χ4v) is 4.91. The Kier molecular flexibility index (Phi) is 11.5. The fourth-order valence-electron chi connectivity index (χ4n) is 4.19. The summed E-state index contributed by atoms with van der Waals surface area (Å²) in [4.78, 5) is 31.5. The van der Waals surface area contributed by atoms with Crippen LogP contribution in [0.15, 0.2) is 53.9 Å². The Balaban J connectivity index is 1.77. The van der Waals surface area contributed by atoms with Crippen molar-refractivity contribution in [3.63, 3.8) is 0 Å². The predicted molar refractivity (Wildman–Crippen MR) is 158 cm³/mol. The van der Waals surface area contributed by atoms with E-state index in [9.17, 15) is 9.59 Å². The molecule has 1 heterocycles. The highest BCUT2D eigenvalue weighted by atomic mass is 32.1. The second-order valence-corrected chi connectivity index (χ2v) is 10.7. The van der Waals surface area contributed by atoms with E-state index in [0.717, 1.165) is 10.4 Å². The zero-order chi connectivity index (χ0) is 29.1. The molecule has 0 unspecified atom stereocenters. The Morgan fingerprint density at radius 2 is 1.57 bits per heavy atom. The molecule has 0 saturated heterocycles. The van der Waals surface area contributed by atoms with Crippen LogP contribution in [-0.4, -0.2) is 69.8 Å². The standard InChI is InChI=1S/C30H39N3O6S/c1-21(2)18-33(30(35)31-23-15-24(36-3)17-25(16-23)37-4)20-29(34)32(19-26-8-7-13-40-26)12-11-22-9-10-27(38-5)28(14-22)39-6/h7-10,13-17,21H,11-12,18-20H2,1-6H3,(H,31,35). The van der Waals surface area contributed by atoms with Gasteiger partial charge in [0, 0.05) is 41.9 Å². The molecule has 0 aliphatic rings. The summed E-state index contributed by atoms with van der Waals surface area (Å²) in [5.74, 6) is 2.44. The molecule has 0 saturated carbocycles. The normalized spacial score (nSPS) is 10.7. The first-order chi connectivity index (χ1) is 19.3. The van der Waals surface area contributed by atoms with Gasteiger partial charge in [0.2, 0.25) is 5.91 Å². The summed E-state index contributed by atoms with van der Waals surface area (Å²) in [6.07, 6.45) is 0.622. The van der Waals surface area contributed by atoms with Gasteiger partial charge in [0.1, 0.15) is 18.0 Å². The van der Waals surface area contributed by atoms with E-state index in [2.05, 4.69) is 5.32 Å². The van der Waals surface area contributed by atoms with E-state index in [1.165, 1.54) is 0 Å². The number of anilines is 1. The highest BCUT2D eigenvalue weighted by Gasteiger charge is 2.23. The molecule has 0 fully saturated rings. The smallest absolute Gasteiger partial charge is 0.322 e. The minimum atomic E-state index is -0.367. The number of rotatable bonds is 14. The Labute approximate surface area is 240 Å². The van der Waals surface area contributed by atoms with Crippen molar-refractivity contribution in [2.45, 2.75) is 26.8 Å². The summed E-state index contributed by atoms with van der Waals surface area (Å²) >= 11 is 1.60. The van der Waals surface area contributed by atoms with Gasteiger partial charge in [-0.05, 0) is 41.5 Å². The zero-order valence-corrected chi connectivity index (χ0v) is 24.9. The van der Waals surface area contributed by atoms with Crippen molar-refractivity contribution < 1.29 is 28.5 Å². The van der Waals surface area contributed by atoms with Crippen LogP contribution >= 0.6 is 11.3 Å². The van der Waals surface area contributed by atoms with E-state index in [-0.39, 0.29) is 24.4 Å². The first-order valence-electron chi connectivity index (χ1n) is 13.1. The lowest BCUT2D eigenvalue weighted by Gasteiger charge is -2.29. The molecule has 0 bridgehead atoms. The van der Waals surface area contributed by atoms with E-state index < -0.39 is 0 Å². The van der Waals surface area contributed by atoms with Crippen molar-refractivity contribution in [2.24, 2.45) is 5.92 Å². The highest BCUT2D eigenvalue weighted by Crippen LogP contribution is 2.28. The lowest BCUT2D eigenvalue weighted by molar-refractivity contribution is -0.132. The maximum atomic E-state index is 13.7. The molecular formula is C30H39N3O6S. The molecule has 3 amide bonds. The molecule has 1 N–H and O–H groups in total. The van der Waals surface area contributed by atoms with Gasteiger partial charge in [0.05, 0.1) is 35.0 Å². The van der Waals surface area contributed by atoms with Crippen LogP contribution in [0, 0.1) is 5.92 Å². The largest absolute Gasteiger partial charge is 0.497 e. The minimum absolute atomic E-state index is 0.0531. The van der Waals surface area contributed by atoms with Gasteiger partial charge in [0.15, 0.2) is 11.5 Å². The number of nitrogens with one attached hydrogen (secondary N) is 1. The summed E-state index contributed by atoms with van der Waals surface area (Å²) in [5, 5.41) is 4.89. The molecule has 216 valence electrons. The molecule has 0 radical (unpaired) electrons. The first-order valence-corrected chi connectivity index (χ1v) is 13.9. The second-order valence-electron chi connectivity index (χ2n) is 9.64. The van der Waals surface area contributed by atoms with Crippen LogP contribution in [0.3, 0.4) is 0 Å². The van der Waals surface area contributed by atoms with Crippen LogP contribution in [0.4, 0.5) is 10.5 Å². The van der Waals surface area contributed by atoms with Crippen LogP contribution < -0.4 is 24.3 Å². The number of nitrogens with zero attached hydrogens (tertiary/aromatic N) is 2. The maximum Gasteiger partial charge on any atom is 0.322 e. The third-order valence-electron chi connectivity index (χ3n) is 6.20. The first kappa shape index (κ1) is 30.6. The number of urea groups is 1. The fraction of sp³-hybridized carbons (Fsp3) is 0.400. The summed E-state index contributed by atoms with van der Waals surface area (Å²) in [7, 11) is 6.30. The van der Waals surface area contributed by atoms with Gasteiger partial charge in [-0.3, -0.25) is 4.79 Å². The zero-order valence-electron chi connectivity index (χ0n) is 24.1. The van der Waals surface area contributed by atoms with Crippen molar-refractivity contribution >= 4 is 29.0 Å². The number of benzene rings is 2. The van der Waals surface area contributed by atoms with Gasteiger partial charge in [-0.1, -0.05) is 26.0 Å². The quantitative estimate of drug-likeness (QED) is 0.274. The van der Waals surface area contributed by atoms with Crippen molar-refractivity contribution in [1.82, 2.24) is 9.80 Å². The van der Waals surface area contributed by atoms with E-state index in [1.807, 2.05) is 49.6 Å². The molecule has 1 aromatic heterocycles. The van der Waals surface area contributed by atoms with Gasteiger partial charge in [0.25, 0.3) is 0 Å². The number of ether oxygens (including phenoxy) is 4. The van der Waals surface area contributed by atoms with Gasteiger partial charge in [-0.25, -0.2) is 4.79 Å². The van der Waals surface area contributed by atoms with Gasteiger partial charge in [-0.2, -0.15) is 0 Å². The Morgan fingerprint density at radius 3 is 2.15 bits per heavy atom. The third kappa shape index (κ3) is 8.81. The summed E-state index contributed by atoms with van der Waals surface area (Å²) < 4.78 is 21.4. The minimum Gasteiger partial charge on any atom is -0.497 e. The van der Waals surface area contributed by atoms with E-state index in [0.29, 0.717) is 54.7 Å². The Morgan fingerprint density at radius 1 is 0.875 bits per heavy atom. The van der Waals surface area contributed by atoms with Gasteiger partial charge < -0.3 is 34.1 Å². The number of amides is 3. The van der Waals surface area contributed by atoms with Crippen molar-refractivity contribution in [2.75, 3.05) is 53.4 Å². The molecule has 3 rings (SSSR count). The van der Waals surface area contributed by atoms with Gasteiger partial charge in [-0.15, -0.1) is 11.3 Å². The molecule has 10 heteroatoms. The molecule has 3 aromatic rings. The van der Waals surface area contributed by atoms with Crippen LogP contribution in [0.25, 0.3) is 0 Å². The average molecular weight is 570 g/mol. The number of methoxy groups -OCH3 is 4. The number of carbonyl (C=O) groups is 2. The lowest BCUT2D eigenvalue weighted by atomic mass is 10.1. The monoisotopic (exact) mass is 569 g/mol.